The Bertz CT molecular complexity index is 831. The SMILES string of the molecule is Cc1cccc(-c2cnc(Cc3cccc(N4CCCC4)c3)[nH]2)n1. The molecular formula is C20H22N4. The van der Waals surface area contributed by atoms with Crippen LogP contribution in [0, 0.1) is 6.92 Å². The van der Waals surface area contributed by atoms with E-state index in [1.165, 1.54) is 37.2 Å². The number of H-pyrrole nitrogens is 1. The van der Waals surface area contributed by atoms with E-state index in [4.69, 9.17) is 0 Å². The van der Waals surface area contributed by atoms with Gasteiger partial charge in [-0.05, 0) is 49.6 Å². The molecule has 4 heteroatoms. The zero-order chi connectivity index (χ0) is 16.4. The third kappa shape index (κ3) is 3.18. The minimum Gasteiger partial charge on any atom is -0.372 e. The zero-order valence-electron chi connectivity index (χ0n) is 14.0. The topological polar surface area (TPSA) is 44.8 Å². The number of pyridine rings is 1. The highest BCUT2D eigenvalue weighted by Crippen LogP contribution is 2.22. The number of hydrogen-bond donors (Lipinski definition) is 1. The standard InChI is InChI=1S/C20H22N4/c1-15-6-4-9-18(22-15)19-14-21-20(23-19)13-16-7-5-8-17(12-16)24-10-2-3-11-24/h4-9,12,14H,2-3,10-11,13H2,1H3,(H,21,23). The molecule has 122 valence electrons. The maximum atomic E-state index is 4.55. The lowest BCUT2D eigenvalue weighted by Gasteiger charge is -2.18. The van der Waals surface area contributed by atoms with Gasteiger partial charge in [0.1, 0.15) is 5.82 Å². The lowest BCUT2D eigenvalue weighted by atomic mass is 10.1. The van der Waals surface area contributed by atoms with Crippen LogP contribution >= 0.6 is 0 Å². The number of aryl methyl sites for hydroxylation is 1. The van der Waals surface area contributed by atoms with Crippen molar-refractivity contribution in [3.05, 3.63) is 65.7 Å². The third-order valence-corrected chi connectivity index (χ3v) is 4.55. The smallest absolute Gasteiger partial charge is 0.110 e. The lowest BCUT2D eigenvalue weighted by Crippen LogP contribution is -2.17. The van der Waals surface area contributed by atoms with Crippen LogP contribution in [-0.4, -0.2) is 28.0 Å². The number of aromatic nitrogens is 3. The fourth-order valence-corrected chi connectivity index (χ4v) is 3.31. The number of aromatic amines is 1. The van der Waals surface area contributed by atoms with Crippen molar-refractivity contribution in [2.24, 2.45) is 0 Å². The van der Waals surface area contributed by atoms with E-state index in [0.717, 1.165) is 29.3 Å². The van der Waals surface area contributed by atoms with Crippen molar-refractivity contribution in [1.29, 1.82) is 0 Å². The molecule has 4 rings (SSSR count). The van der Waals surface area contributed by atoms with Gasteiger partial charge in [0.15, 0.2) is 0 Å². The summed E-state index contributed by atoms with van der Waals surface area (Å²) in [6.07, 6.45) is 5.29. The molecule has 0 saturated carbocycles. The van der Waals surface area contributed by atoms with Gasteiger partial charge in [-0.15, -0.1) is 0 Å². The first-order valence-corrected chi connectivity index (χ1v) is 8.60. The zero-order valence-corrected chi connectivity index (χ0v) is 14.0. The molecule has 0 bridgehead atoms. The second-order valence-corrected chi connectivity index (χ2v) is 6.45. The van der Waals surface area contributed by atoms with Gasteiger partial charge in [0.05, 0.1) is 17.6 Å². The Labute approximate surface area is 142 Å². The van der Waals surface area contributed by atoms with Crippen molar-refractivity contribution in [2.75, 3.05) is 18.0 Å². The number of hydrogen-bond acceptors (Lipinski definition) is 3. The molecule has 1 aliphatic rings. The summed E-state index contributed by atoms with van der Waals surface area (Å²) in [6, 6.07) is 14.9. The third-order valence-electron chi connectivity index (χ3n) is 4.55. The van der Waals surface area contributed by atoms with Crippen LogP contribution < -0.4 is 4.90 Å². The van der Waals surface area contributed by atoms with E-state index in [9.17, 15) is 0 Å². The Hall–Kier alpha value is -2.62. The predicted molar refractivity (Wildman–Crippen MR) is 97.3 cm³/mol. The van der Waals surface area contributed by atoms with Crippen LogP contribution in [0.2, 0.25) is 0 Å². The first-order valence-electron chi connectivity index (χ1n) is 8.60. The molecule has 0 radical (unpaired) electrons. The van der Waals surface area contributed by atoms with Crippen LogP contribution in [-0.2, 0) is 6.42 Å². The van der Waals surface area contributed by atoms with Gasteiger partial charge >= 0.3 is 0 Å². The van der Waals surface area contributed by atoms with E-state index in [0.29, 0.717) is 0 Å². The fourth-order valence-electron chi connectivity index (χ4n) is 3.31. The molecule has 1 fully saturated rings. The maximum absolute atomic E-state index is 4.55. The summed E-state index contributed by atoms with van der Waals surface area (Å²) < 4.78 is 0. The van der Waals surface area contributed by atoms with E-state index in [1.54, 1.807) is 0 Å². The molecule has 24 heavy (non-hydrogen) atoms. The van der Waals surface area contributed by atoms with Crippen LogP contribution in [0.1, 0.15) is 29.9 Å². The molecule has 0 atom stereocenters. The predicted octanol–water partition coefficient (Wildman–Crippen LogP) is 3.97. The van der Waals surface area contributed by atoms with Gasteiger partial charge in [-0.3, -0.25) is 4.98 Å². The summed E-state index contributed by atoms with van der Waals surface area (Å²) in [5.74, 6) is 0.979. The molecule has 1 N–H and O–H groups in total. The highest BCUT2D eigenvalue weighted by atomic mass is 15.1. The number of anilines is 1. The molecular weight excluding hydrogens is 296 g/mol. The summed E-state index contributed by atoms with van der Waals surface area (Å²) in [4.78, 5) is 15.0. The van der Waals surface area contributed by atoms with Crippen LogP contribution in [0.4, 0.5) is 5.69 Å². The molecule has 3 heterocycles. The number of benzene rings is 1. The number of nitrogens with one attached hydrogen (secondary N) is 1. The molecule has 2 aromatic heterocycles. The molecule has 0 aliphatic carbocycles. The quantitative estimate of drug-likeness (QED) is 0.791. The second-order valence-electron chi connectivity index (χ2n) is 6.45. The van der Waals surface area contributed by atoms with Gasteiger partial charge in [-0.1, -0.05) is 18.2 Å². The van der Waals surface area contributed by atoms with E-state index in [1.807, 2.05) is 31.3 Å². The van der Waals surface area contributed by atoms with Crippen molar-refractivity contribution >= 4 is 5.69 Å². The molecule has 0 amide bonds. The number of imidazole rings is 1. The van der Waals surface area contributed by atoms with Crippen molar-refractivity contribution in [3.63, 3.8) is 0 Å². The van der Waals surface area contributed by atoms with Crippen molar-refractivity contribution in [1.82, 2.24) is 15.0 Å². The minimum atomic E-state index is 0.813. The highest BCUT2D eigenvalue weighted by molar-refractivity contribution is 5.54. The summed E-state index contributed by atoms with van der Waals surface area (Å²) in [7, 11) is 0. The molecule has 3 aromatic rings. The summed E-state index contributed by atoms with van der Waals surface area (Å²) in [5, 5.41) is 0. The molecule has 1 saturated heterocycles. The Kier molecular flexibility index (Phi) is 4.03. The largest absolute Gasteiger partial charge is 0.372 e. The number of nitrogens with zero attached hydrogens (tertiary/aromatic N) is 3. The van der Waals surface area contributed by atoms with Crippen molar-refractivity contribution in [2.45, 2.75) is 26.2 Å². The van der Waals surface area contributed by atoms with Crippen molar-refractivity contribution in [3.8, 4) is 11.4 Å². The van der Waals surface area contributed by atoms with Gasteiger partial charge in [0, 0.05) is 30.9 Å². The van der Waals surface area contributed by atoms with Gasteiger partial charge in [0.2, 0.25) is 0 Å². The van der Waals surface area contributed by atoms with Gasteiger partial charge in [0.25, 0.3) is 0 Å². The van der Waals surface area contributed by atoms with Crippen LogP contribution in [0.15, 0.2) is 48.7 Å². The normalized spacial score (nSPS) is 14.3. The Morgan fingerprint density at radius 1 is 1.08 bits per heavy atom. The van der Waals surface area contributed by atoms with E-state index in [-0.39, 0.29) is 0 Å². The summed E-state index contributed by atoms with van der Waals surface area (Å²) >= 11 is 0. The molecule has 1 aromatic carbocycles. The molecule has 1 aliphatic heterocycles. The van der Waals surface area contributed by atoms with Gasteiger partial charge in [-0.25, -0.2) is 4.98 Å². The highest BCUT2D eigenvalue weighted by Gasteiger charge is 2.13. The van der Waals surface area contributed by atoms with Gasteiger partial charge in [-0.2, -0.15) is 0 Å². The fraction of sp³-hybridized carbons (Fsp3) is 0.300. The Morgan fingerprint density at radius 3 is 2.75 bits per heavy atom. The Balaban J connectivity index is 1.53. The molecule has 0 unspecified atom stereocenters. The average molecular weight is 318 g/mol. The van der Waals surface area contributed by atoms with E-state index >= 15 is 0 Å². The summed E-state index contributed by atoms with van der Waals surface area (Å²) in [5.41, 5.74) is 5.56. The minimum absolute atomic E-state index is 0.813. The first-order chi connectivity index (χ1) is 11.8. The molecule has 0 spiro atoms. The van der Waals surface area contributed by atoms with Crippen LogP contribution in [0.3, 0.4) is 0 Å². The second kappa shape index (κ2) is 6.48. The monoisotopic (exact) mass is 318 g/mol. The number of rotatable bonds is 4. The van der Waals surface area contributed by atoms with E-state index in [2.05, 4.69) is 44.1 Å². The maximum Gasteiger partial charge on any atom is 0.110 e. The first kappa shape index (κ1) is 14.9. The van der Waals surface area contributed by atoms with Gasteiger partial charge < -0.3 is 9.88 Å². The summed E-state index contributed by atoms with van der Waals surface area (Å²) in [6.45, 7) is 4.35. The molecule has 4 nitrogen and oxygen atoms in total. The Morgan fingerprint density at radius 2 is 1.92 bits per heavy atom. The average Bonchev–Trinajstić information content (AvgIpc) is 3.27. The van der Waals surface area contributed by atoms with Crippen LogP contribution in [0.25, 0.3) is 11.4 Å². The lowest BCUT2D eigenvalue weighted by molar-refractivity contribution is 0.949. The van der Waals surface area contributed by atoms with E-state index < -0.39 is 0 Å². The van der Waals surface area contributed by atoms with Crippen molar-refractivity contribution < 1.29 is 0 Å². The van der Waals surface area contributed by atoms with Crippen LogP contribution in [0.5, 0.6) is 0 Å².